The lowest BCUT2D eigenvalue weighted by molar-refractivity contribution is 0.280. The number of aliphatic hydroxyl groups is 1. The molecule has 2 rings (SSSR count). The summed E-state index contributed by atoms with van der Waals surface area (Å²) in [6.07, 6.45) is -0.116. The minimum Gasteiger partial charge on any atom is -0.395 e. The molecule has 0 fully saturated rings. The summed E-state index contributed by atoms with van der Waals surface area (Å²) >= 11 is 0. The van der Waals surface area contributed by atoms with E-state index in [2.05, 4.69) is 0 Å². The van der Waals surface area contributed by atoms with Crippen LogP contribution in [0.15, 0.2) is 36.4 Å². The Morgan fingerprint density at radius 2 is 1.67 bits per heavy atom. The Balaban J connectivity index is 2.46. The van der Waals surface area contributed by atoms with E-state index in [1.54, 1.807) is 0 Å². The molecule has 1 unspecified atom stereocenters. The van der Waals surface area contributed by atoms with Gasteiger partial charge >= 0.3 is 0 Å². The van der Waals surface area contributed by atoms with Crippen LogP contribution >= 0.6 is 0 Å². The fourth-order valence-corrected chi connectivity index (χ4v) is 2.21. The second-order valence-electron chi connectivity index (χ2n) is 4.62. The molecule has 0 saturated heterocycles. The highest BCUT2D eigenvalue weighted by atomic mass is 19.1. The van der Waals surface area contributed by atoms with Gasteiger partial charge < -0.3 is 5.11 Å². The van der Waals surface area contributed by atoms with Crippen molar-refractivity contribution in [1.29, 1.82) is 5.26 Å². The Labute approximate surface area is 120 Å². The number of benzene rings is 2. The van der Waals surface area contributed by atoms with E-state index in [4.69, 9.17) is 5.26 Å². The fourth-order valence-electron chi connectivity index (χ4n) is 2.21. The molecular weight excluding hydrogens is 279 g/mol. The van der Waals surface area contributed by atoms with Gasteiger partial charge in [0.15, 0.2) is 0 Å². The monoisotopic (exact) mass is 291 g/mol. The number of hydrogen-bond acceptors (Lipinski definition) is 2. The maximum atomic E-state index is 13.5. The number of halogens is 3. The van der Waals surface area contributed by atoms with Gasteiger partial charge in [-0.3, -0.25) is 0 Å². The molecule has 0 radical (unpaired) electrons. The second-order valence-corrected chi connectivity index (χ2v) is 4.62. The molecule has 0 aliphatic carbocycles. The van der Waals surface area contributed by atoms with Gasteiger partial charge in [-0.05, 0) is 29.3 Å². The minimum atomic E-state index is -0.747. The molecule has 0 bridgehead atoms. The van der Waals surface area contributed by atoms with Gasteiger partial charge in [-0.25, -0.2) is 13.2 Å². The van der Waals surface area contributed by atoms with E-state index < -0.39 is 23.4 Å². The summed E-state index contributed by atoms with van der Waals surface area (Å²) in [5.41, 5.74) is 0.934. The smallest absolute Gasteiger partial charge is 0.127 e. The molecule has 0 aromatic heterocycles. The average molecular weight is 291 g/mol. The van der Waals surface area contributed by atoms with Crippen LogP contribution < -0.4 is 0 Å². The van der Waals surface area contributed by atoms with Gasteiger partial charge in [0.25, 0.3) is 0 Å². The molecule has 0 spiro atoms. The standard InChI is InChI=1S/C16H12F3NO/c17-13-6-12(7-14(18)8-13)15(9-21)10-1-2-16(19)11(5-10)3-4-20/h1-2,5-8,15,21H,3,9H2. The average Bonchev–Trinajstić information content (AvgIpc) is 2.42. The van der Waals surface area contributed by atoms with Crippen LogP contribution in [0.5, 0.6) is 0 Å². The van der Waals surface area contributed by atoms with Gasteiger partial charge in [0, 0.05) is 17.5 Å². The van der Waals surface area contributed by atoms with E-state index in [0.29, 0.717) is 5.56 Å². The van der Waals surface area contributed by atoms with Crippen LogP contribution in [-0.4, -0.2) is 11.7 Å². The summed E-state index contributed by atoms with van der Waals surface area (Å²) in [6.45, 7) is -0.388. The molecule has 2 nitrogen and oxygen atoms in total. The zero-order chi connectivity index (χ0) is 15.4. The number of hydrogen-bond donors (Lipinski definition) is 1. The summed E-state index contributed by atoms with van der Waals surface area (Å²) in [7, 11) is 0. The van der Waals surface area contributed by atoms with E-state index >= 15 is 0 Å². The molecule has 1 atom stereocenters. The highest BCUT2D eigenvalue weighted by Gasteiger charge is 2.17. The molecule has 0 aliphatic heterocycles. The number of nitriles is 1. The third-order valence-electron chi connectivity index (χ3n) is 3.21. The van der Waals surface area contributed by atoms with Crippen molar-refractivity contribution in [3.63, 3.8) is 0 Å². The van der Waals surface area contributed by atoms with Crippen molar-refractivity contribution < 1.29 is 18.3 Å². The first-order chi connectivity index (χ1) is 10.0. The molecule has 2 aromatic carbocycles. The normalized spacial score (nSPS) is 12.0. The summed E-state index contributed by atoms with van der Waals surface area (Å²) in [5.74, 6) is -2.71. The molecule has 0 aliphatic rings. The Hall–Kier alpha value is -2.32. The molecule has 2 aromatic rings. The molecule has 1 N–H and O–H groups in total. The predicted molar refractivity (Wildman–Crippen MR) is 71.0 cm³/mol. The summed E-state index contributed by atoms with van der Waals surface area (Å²) in [4.78, 5) is 0. The van der Waals surface area contributed by atoms with Gasteiger partial charge in [-0.2, -0.15) is 5.26 Å². The maximum Gasteiger partial charge on any atom is 0.127 e. The number of rotatable bonds is 4. The molecule has 0 heterocycles. The molecular formula is C16H12F3NO. The van der Waals surface area contributed by atoms with E-state index in [1.165, 1.54) is 18.2 Å². The van der Waals surface area contributed by atoms with Crippen molar-refractivity contribution in [2.24, 2.45) is 0 Å². The molecule has 21 heavy (non-hydrogen) atoms. The van der Waals surface area contributed by atoms with Crippen molar-refractivity contribution in [1.82, 2.24) is 0 Å². The van der Waals surface area contributed by atoms with Crippen molar-refractivity contribution >= 4 is 0 Å². The van der Waals surface area contributed by atoms with E-state index in [-0.39, 0.29) is 24.2 Å². The maximum absolute atomic E-state index is 13.5. The van der Waals surface area contributed by atoms with Crippen LogP contribution in [-0.2, 0) is 6.42 Å². The van der Waals surface area contributed by atoms with E-state index in [9.17, 15) is 18.3 Å². The summed E-state index contributed by atoms with van der Waals surface area (Å²) in [6, 6.07) is 8.87. The lowest BCUT2D eigenvalue weighted by Crippen LogP contribution is -2.08. The topological polar surface area (TPSA) is 44.0 Å². The fraction of sp³-hybridized carbons (Fsp3) is 0.188. The number of nitrogens with zero attached hydrogens (tertiary/aromatic N) is 1. The van der Waals surface area contributed by atoms with Gasteiger partial charge in [-0.15, -0.1) is 0 Å². The van der Waals surface area contributed by atoms with Crippen LogP contribution in [0.3, 0.4) is 0 Å². The summed E-state index contributed by atoms with van der Waals surface area (Å²) in [5, 5.41) is 18.2. The lowest BCUT2D eigenvalue weighted by atomic mass is 9.90. The SMILES string of the molecule is N#CCc1cc(C(CO)c2cc(F)cc(F)c2)ccc1F. The highest BCUT2D eigenvalue weighted by molar-refractivity contribution is 5.36. The quantitative estimate of drug-likeness (QED) is 0.939. The van der Waals surface area contributed by atoms with Crippen LogP contribution in [0, 0.1) is 28.8 Å². The first-order valence-corrected chi connectivity index (χ1v) is 6.27. The van der Waals surface area contributed by atoms with Crippen molar-refractivity contribution in [3.8, 4) is 6.07 Å². The molecule has 108 valence electrons. The van der Waals surface area contributed by atoms with Crippen LogP contribution in [0.25, 0.3) is 0 Å². The van der Waals surface area contributed by atoms with E-state index in [1.807, 2.05) is 6.07 Å². The van der Waals surface area contributed by atoms with Crippen LogP contribution in [0.4, 0.5) is 13.2 Å². The third-order valence-corrected chi connectivity index (χ3v) is 3.21. The first-order valence-electron chi connectivity index (χ1n) is 6.27. The largest absolute Gasteiger partial charge is 0.395 e. The van der Waals surface area contributed by atoms with Gasteiger partial charge in [-0.1, -0.05) is 12.1 Å². The Bertz CT molecular complexity index is 674. The number of aliphatic hydroxyl groups excluding tert-OH is 1. The van der Waals surface area contributed by atoms with Gasteiger partial charge in [0.2, 0.25) is 0 Å². The predicted octanol–water partition coefficient (Wildman–Crippen LogP) is 3.29. The molecule has 5 heteroatoms. The van der Waals surface area contributed by atoms with E-state index in [0.717, 1.165) is 18.2 Å². The molecule has 0 saturated carbocycles. The Morgan fingerprint density at radius 1 is 1.00 bits per heavy atom. The van der Waals surface area contributed by atoms with Crippen molar-refractivity contribution in [3.05, 3.63) is 70.5 Å². The van der Waals surface area contributed by atoms with Crippen molar-refractivity contribution in [2.75, 3.05) is 6.61 Å². The van der Waals surface area contributed by atoms with Gasteiger partial charge in [0.1, 0.15) is 17.5 Å². The first kappa shape index (κ1) is 15.1. The van der Waals surface area contributed by atoms with Crippen LogP contribution in [0.1, 0.15) is 22.6 Å². The third kappa shape index (κ3) is 3.41. The molecule has 0 amide bonds. The van der Waals surface area contributed by atoms with Crippen molar-refractivity contribution in [2.45, 2.75) is 12.3 Å². The Morgan fingerprint density at radius 3 is 2.24 bits per heavy atom. The minimum absolute atomic E-state index is 0.116. The summed E-state index contributed by atoms with van der Waals surface area (Å²) < 4.78 is 40.1. The van der Waals surface area contributed by atoms with Gasteiger partial charge in [0.05, 0.1) is 19.1 Å². The zero-order valence-electron chi connectivity index (χ0n) is 11.0. The highest BCUT2D eigenvalue weighted by Crippen LogP contribution is 2.27. The Kier molecular flexibility index (Phi) is 4.61. The lowest BCUT2D eigenvalue weighted by Gasteiger charge is -2.16. The van der Waals surface area contributed by atoms with Crippen LogP contribution in [0.2, 0.25) is 0 Å². The second kappa shape index (κ2) is 6.42. The zero-order valence-corrected chi connectivity index (χ0v) is 11.0.